The molecule has 0 saturated carbocycles. The number of anilines is 2. The van der Waals surface area contributed by atoms with Crippen molar-refractivity contribution >= 4 is 36.4 Å². The van der Waals surface area contributed by atoms with Crippen LogP contribution in [0, 0.1) is 5.92 Å². The van der Waals surface area contributed by atoms with Crippen LogP contribution in [0.5, 0.6) is 5.75 Å². The molecule has 0 bridgehead atoms. The summed E-state index contributed by atoms with van der Waals surface area (Å²) in [6, 6.07) is 14.1. The van der Waals surface area contributed by atoms with Crippen LogP contribution in [0.2, 0.25) is 18.6 Å². The summed E-state index contributed by atoms with van der Waals surface area (Å²) >= 11 is 0. The molecular formula is C28H36N2O5Si. The normalized spacial score (nSPS) is 27.9. The summed E-state index contributed by atoms with van der Waals surface area (Å²) < 4.78 is 12.2. The highest BCUT2D eigenvalue weighted by Crippen LogP contribution is 2.60. The fourth-order valence-corrected chi connectivity index (χ4v) is 11.0. The molecule has 3 aliphatic heterocycles. The van der Waals surface area contributed by atoms with Gasteiger partial charge in [0.1, 0.15) is 5.75 Å². The SMILES string of the molecule is COc1ccc([Si](C)(C)[C@H]2[C@H](CCO)O[C@@]3(C(=O)N(C)c4ccc(N5CCCC5=O)cc43)[C@@H]2C)cc1. The van der Waals surface area contributed by atoms with E-state index < -0.39 is 13.7 Å². The number of fused-ring (bicyclic) bond motifs is 2. The number of carbonyl (C=O) groups is 2. The molecule has 2 aromatic rings. The molecule has 7 nitrogen and oxygen atoms in total. The Hall–Kier alpha value is -2.68. The number of amides is 2. The number of ether oxygens (including phenoxy) is 2. The van der Waals surface area contributed by atoms with Gasteiger partial charge in [-0.2, -0.15) is 0 Å². The number of aliphatic hydroxyl groups is 1. The molecule has 2 saturated heterocycles. The van der Waals surface area contributed by atoms with Crippen molar-refractivity contribution in [3.8, 4) is 5.75 Å². The molecular weight excluding hydrogens is 472 g/mol. The topological polar surface area (TPSA) is 79.3 Å². The largest absolute Gasteiger partial charge is 0.497 e. The van der Waals surface area contributed by atoms with Gasteiger partial charge in [0.05, 0.1) is 27.0 Å². The van der Waals surface area contributed by atoms with Crippen LogP contribution in [0.1, 0.15) is 31.7 Å². The minimum Gasteiger partial charge on any atom is -0.497 e. The second-order valence-corrected chi connectivity index (χ2v) is 15.6. The average molecular weight is 509 g/mol. The summed E-state index contributed by atoms with van der Waals surface area (Å²) in [6.07, 6.45) is 1.61. The molecule has 3 heterocycles. The Morgan fingerprint density at radius 3 is 2.50 bits per heavy atom. The number of rotatable bonds is 6. The van der Waals surface area contributed by atoms with Gasteiger partial charge in [0.2, 0.25) is 5.91 Å². The Morgan fingerprint density at radius 1 is 1.17 bits per heavy atom. The number of carbonyl (C=O) groups excluding carboxylic acids is 2. The monoisotopic (exact) mass is 508 g/mol. The lowest BCUT2D eigenvalue weighted by Crippen LogP contribution is -2.51. The van der Waals surface area contributed by atoms with Gasteiger partial charge in [0.15, 0.2) is 5.60 Å². The number of aliphatic hydroxyl groups excluding tert-OH is 1. The number of hydrogen-bond acceptors (Lipinski definition) is 5. The number of nitrogens with zero attached hydrogens (tertiary/aromatic N) is 2. The third kappa shape index (κ3) is 3.53. The summed E-state index contributed by atoms with van der Waals surface area (Å²) in [5.74, 6) is 0.748. The van der Waals surface area contributed by atoms with Crippen LogP contribution in [0.15, 0.2) is 42.5 Å². The van der Waals surface area contributed by atoms with Gasteiger partial charge in [-0.1, -0.05) is 37.3 Å². The number of methoxy groups -OCH3 is 1. The first-order valence-corrected chi connectivity index (χ1v) is 15.9. The van der Waals surface area contributed by atoms with E-state index in [9.17, 15) is 14.7 Å². The maximum absolute atomic E-state index is 14.0. The van der Waals surface area contributed by atoms with Crippen LogP contribution in [0.4, 0.5) is 11.4 Å². The molecule has 0 unspecified atom stereocenters. The van der Waals surface area contributed by atoms with E-state index in [0.29, 0.717) is 19.4 Å². The summed E-state index contributed by atoms with van der Waals surface area (Å²) in [7, 11) is 1.27. The highest BCUT2D eigenvalue weighted by atomic mass is 28.3. The summed E-state index contributed by atoms with van der Waals surface area (Å²) in [6.45, 7) is 7.47. The van der Waals surface area contributed by atoms with Crippen molar-refractivity contribution in [3.05, 3.63) is 48.0 Å². The predicted molar refractivity (Wildman–Crippen MR) is 143 cm³/mol. The van der Waals surface area contributed by atoms with E-state index in [0.717, 1.165) is 29.1 Å². The van der Waals surface area contributed by atoms with Crippen molar-refractivity contribution in [2.24, 2.45) is 5.92 Å². The summed E-state index contributed by atoms with van der Waals surface area (Å²) in [5, 5.41) is 11.2. The average Bonchev–Trinajstić information content (AvgIpc) is 3.49. The lowest BCUT2D eigenvalue weighted by atomic mass is 9.82. The highest BCUT2D eigenvalue weighted by Gasteiger charge is 2.65. The van der Waals surface area contributed by atoms with E-state index in [1.807, 2.05) is 35.2 Å². The van der Waals surface area contributed by atoms with Gasteiger partial charge in [-0.3, -0.25) is 9.59 Å². The van der Waals surface area contributed by atoms with E-state index >= 15 is 0 Å². The van der Waals surface area contributed by atoms with Crippen molar-refractivity contribution in [2.45, 2.75) is 56.5 Å². The van der Waals surface area contributed by atoms with Gasteiger partial charge < -0.3 is 24.4 Å². The molecule has 2 fully saturated rings. The van der Waals surface area contributed by atoms with Gasteiger partial charge >= 0.3 is 0 Å². The van der Waals surface area contributed by atoms with Gasteiger partial charge in [-0.15, -0.1) is 0 Å². The standard InChI is InChI=1S/C28H36N2O5Si/c1-18-26(36(4,5)21-11-9-20(34-3)10-12-21)24(14-16-31)35-28(18)22-17-19(30-15-6-7-25(30)32)8-13-23(22)29(2)27(28)33/h8-13,17-18,24,26,31H,6-7,14-16H2,1-5H3/t18-,24+,26-,28+/m1/s1. The van der Waals surface area contributed by atoms with Crippen molar-refractivity contribution in [1.82, 2.24) is 0 Å². The minimum atomic E-state index is -2.19. The zero-order valence-corrected chi connectivity index (χ0v) is 22.8. The zero-order valence-electron chi connectivity index (χ0n) is 21.8. The Morgan fingerprint density at radius 2 is 1.89 bits per heavy atom. The first-order chi connectivity index (χ1) is 17.2. The Labute approximate surface area is 214 Å². The summed E-state index contributed by atoms with van der Waals surface area (Å²) in [5.41, 5.74) is 1.45. The van der Waals surface area contributed by atoms with Crippen molar-refractivity contribution < 1.29 is 24.2 Å². The van der Waals surface area contributed by atoms with E-state index in [1.165, 1.54) is 5.19 Å². The molecule has 5 rings (SSSR count). The van der Waals surface area contributed by atoms with Gasteiger partial charge in [-0.25, -0.2) is 0 Å². The van der Waals surface area contributed by atoms with Crippen molar-refractivity contribution in [1.29, 1.82) is 0 Å². The number of likely N-dealkylation sites (N-methyl/N-ethyl adjacent to an activating group) is 1. The second-order valence-electron chi connectivity index (χ2n) is 10.9. The molecule has 0 radical (unpaired) electrons. The Balaban J connectivity index is 1.61. The first-order valence-electron chi connectivity index (χ1n) is 12.8. The fourth-order valence-electron chi connectivity index (χ4n) is 6.89. The van der Waals surface area contributed by atoms with Crippen LogP contribution in [-0.2, 0) is 19.9 Å². The maximum atomic E-state index is 14.0. The predicted octanol–water partition coefficient (Wildman–Crippen LogP) is 3.40. The molecule has 4 atom stereocenters. The van der Waals surface area contributed by atoms with Gasteiger partial charge in [0, 0.05) is 43.8 Å². The second kappa shape index (κ2) is 9.01. The molecule has 2 aromatic carbocycles. The lowest BCUT2D eigenvalue weighted by molar-refractivity contribution is -0.145. The molecule has 192 valence electrons. The Bertz CT molecular complexity index is 1180. The third-order valence-corrected chi connectivity index (χ3v) is 13.1. The maximum Gasteiger partial charge on any atom is 0.264 e. The van der Waals surface area contributed by atoms with Crippen LogP contribution in [0.25, 0.3) is 0 Å². The van der Waals surface area contributed by atoms with Crippen molar-refractivity contribution in [3.63, 3.8) is 0 Å². The fraction of sp³-hybridized carbons (Fsp3) is 0.500. The molecule has 8 heteroatoms. The summed E-state index contributed by atoms with van der Waals surface area (Å²) in [4.78, 5) is 30.0. The quantitative estimate of drug-likeness (QED) is 0.605. The third-order valence-electron chi connectivity index (χ3n) is 8.75. The van der Waals surface area contributed by atoms with E-state index in [1.54, 1.807) is 19.1 Å². The van der Waals surface area contributed by atoms with E-state index in [-0.39, 0.29) is 36.0 Å². The molecule has 0 aromatic heterocycles. The molecule has 0 aliphatic carbocycles. The Kier molecular flexibility index (Phi) is 6.25. The van der Waals surface area contributed by atoms with Crippen LogP contribution >= 0.6 is 0 Å². The highest BCUT2D eigenvalue weighted by molar-refractivity contribution is 6.91. The van der Waals surface area contributed by atoms with Gasteiger partial charge in [0.25, 0.3) is 5.91 Å². The first kappa shape index (κ1) is 25.0. The van der Waals surface area contributed by atoms with E-state index in [2.05, 4.69) is 32.2 Å². The molecule has 2 amide bonds. The number of hydrogen-bond donors (Lipinski definition) is 1. The molecule has 36 heavy (non-hydrogen) atoms. The van der Waals surface area contributed by atoms with Crippen molar-refractivity contribution in [2.75, 3.05) is 37.1 Å². The molecule has 1 spiro atoms. The molecule has 3 aliphatic rings. The van der Waals surface area contributed by atoms with Crippen LogP contribution in [-0.4, -0.2) is 58.4 Å². The smallest absolute Gasteiger partial charge is 0.264 e. The molecule has 1 N–H and O–H groups in total. The number of benzene rings is 2. The van der Waals surface area contributed by atoms with Gasteiger partial charge in [-0.05, 0) is 48.7 Å². The lowest BCUT2D eigenvalue weighted by Gasteiger charge is -2.37. The minimum absolute atomic E-state index is 0.00370. The van der Waals surface area contributed by atoms with E-state index in [4.69, 9.17) is 9.47 Å². The zero-order chi connectivity index (χ0) is 25.8. The van der Waals surface area contributed by atoms with Crippen LogP contribution in [0.3, 0.4) is 0 Å². The van der Waals surface area contributed by atoms with Crippen LogP contribution < -0.4 is 19.7 Å².